The minimum Gasteiger partial charge on any atom is -0.376 e. The number of anilines is 2. The number of benzene rings is 7. The third-order valence-electron chi connectivity index (χ3n) is 14.9. The average Bonchev–Trinajstić information content (AvgIpc) is 3.74. The van der Waals surface area contributed by atoms with E-state index in [1.807, 2.05) is 0 Å². The number of aromatic nitrogens is 1. The zero-order chi connectivity index (χ0) is 40.7. The van der Waals surface area contributed by atoms with Gasteiger partial charge in [-0.2, -0.15) is 0 Å². The van der Waals surface area contributed by atoms with Crippen LogP contribution >= 0.6 is 0 Å². The van der Waals surface area contributed by atoms with Crippen molar-refractivity contribution < 1.29 is 0 Å². The minimum absolute atomic E-state index is 0.0125. The van der Waals surface area contributed by atoms with Crippen molar-refractivity contribution in [2.75, 3.05) is 4.81 Å². The molecular formula is C56H51BN2. The van der Waals surface area contributed by atoms with Crippen molar-refractivity contribution in [3.63, 3.8) is 0 Å². The molecule has 0 unspecified atom stereocenters. The van der Waals surface area contributed by atoms with Crippen LogP contribution in [0.1, 0.15) is 103 Å². The Balaban J connectivity index is 1.23. The molecule has 7 aromatic carbocycles. The molecule has 2 nitrogen and oxygen atoms in total. The van der Waals surface area contributed by atoms with E-state index < -0.39 is 0 Å². The SMILES string of the molecule is CC(C)(C)c1ccc(N2B3c4cc(C(C)(C)C)ccc4-n4c5cc6c(cc5c5ccc(c3c54)-c3cc4c(cc32)-c2ccccc2C4(C)C)-c2ccccc2C6(C)C)cc1. The van der Waals surface area contributed by atoms with E-state index in [9.17, 15) is 0 Å². The molecule has 0 spiro atoms. The Bertz CT molecular complexity index is 3180. The van der Waals surface area contributed by atoms with Crippen LogP contribution in [0.3, 0.4) is 0 Å². The van der Waals surface area contributed by atoms with Gasteiger partial charge in [-0.3, -0.25) is 0 Å². The van der Waals surface area contributed by atoms with Crippen LogP contribution in [0.5, 0.6) is 0 Å². The summed E-state index contributed by atoms with van der Waals surface area (Å²) in [6.07, 6.45) is 0. The fourth-order valence-electron chi connectivity index (χ4n) is 11.7. The maximum absolute atomic E-state index is 2.71. The summed E-state index contributed by atoms with van der Waals surface area (Å²) in [6.45, 7) is 23.6. The summed E-state index contributed by atoms with van der Waals surface area (Å²) >= 11 is 0. The average molecular weight is 763 g/mol. The van der Waals surface area contributed by atoms with E-state index in [0.29, 0.717) is 0 Å². The first-order valence-corrected chi connectivity index (χ1v) is 21.6. The van der Waals surface area contributed by atoms with Crippen molar-refractivity contribution in [3.05, 3.63) is 161 Å². The monoisotopic (exact) mass is 762 g/mol. The zero-order valence-electron chi connectivity index (χ0n) is 36.1. The number of rotatable bonds is 1. The van der Waals surface area contributed by atoms with Crippen LogP contribution in [0, 0.1) is 0 Å². The third-order valence-corrected chi connectivity index (χ3v) is 14.9. The molecule has 288 valence electrons. The summed E-state index contributed by atoms with van der Waals surface area (Å²) in [6, 6.07) is 50.1. The standard InChI is InChI=1S/C56H51BN2/c1-53(2,3)32-19-22-34(23-20-32)59-50-30-40-36-16-12-14-18-44(36)55(7,8)45(40)29-42(50)37-24-25-38-41-28-39-35-15-11-13-17-43(35)56(9,10)46(39)31-49(41)58-48-26-21-33(54(4,5)6)27-47(48)57(59)51(37)52(38)58/h11-31H,1-10H3. The van der Waals surface area contributed by atoms with Gasteiger partial charge < -0.3 is 9.38 Å². The third kappa shape index (κ3) is 4.44. The Hall–Kier alpha value is -5.80. The predicted molar refractivity (Wildman–Crippen MR) is 252 cm³/mol. The van der Waals surface area contributed by atoms with Gasteiger partial charge in [0.2, 0.25) is 0 Å². The topological polar surface area (TPSA) is 8.17 Å². The number of hydrogen-bond acceptors (Lipinski definition) is 1. The Morgan fingerprint density at radius 1 is 0.458 bits per heavy atom. The van der Waals surface area contributed by atoms with E-state index >= 15 is 0 Å². The van der Waals surface area contributed by atoms with Gasteiger partial charge in [0.15, 0.2) is 0 Å². The van der Waals surface area contributed by atoms with Gasteiger partial charge in [0, 0.05) is 44.2 Å². The lowest BCUT2D eigenvalue weighted by atomic mass is 9.43. The molecule has 2 aliphatic carbocycles. The summed E-state index contributed by atoms with van der Waals surface area (Å²) < 4.78 is 2.65. The molecule has 0 amide bonds. The highest BCUT2D eigenvalue weighted by atomic mass is 15.1. The van der Waals surface area contributed by atoms with Gasteiger partial charge in [-0.25, -0.2) is 0 Å². The van der Waals surface area contributed by atoms with Crippen LogP contribution in [-0.4, -0.2) is 11.4 Å². The van der Waals surface area contributed by atoms with Gasteiger partial charge in [0.1, 0.15) is 0 Å². The van der Waals surface area contributed by atoms with Crippen molar-refractivity contribution in [2.45, 2.75) is 90.9 Å². The summed E-state index contributed by atoms with van der Waals surface area (Å²) in [5, 5.41) is 2.66. The molecule has 2 aliphatic heterocycles. The highest BCUT2D eigenvalue weighted by Crippen LogP contribution is 2.55. The molecule has 3 heterocycles. The highest BCUT2D eigenvalue weighted by molar-refractivity contribution is 6.93. The van der Waals surface area contributed by atoms with E-state index in [1.165, 1.54) is 117 Å². The van der Waals surface area contributed by atoms with Crippen LogP contribution in [0.25, 0.3) is 60.9 Å². The van der Waals surface area contributed by atoms with Gasteiger partial charge in [-0.15, -0.1) is 0 Å². The molecule has 0 bridgehead atoms. The van der Waals surface area contributed by atoms with Gasteiger partial charge in [0.25, 0.3) is 0 Å². The van der Waals surface area contributed by atoms with E-state index in [-0.39, 0.29) is 28.5 Å². The van der Waals surface area contributed by atoms with Crippen molar-refractivity contribution in [3.8, 4) is 39.1 Å². The quantitative estimate of drug-likeness (QED) is 0.151. The first-order chi connectivity index (χ1) is 28.0. The molecular weight excluding hydrogens is 711 g/mol. The van der Waals surface area contributed by atoms with E-state index in [2.05, 4.69) is 206 Å². The largest absolute Gasteiger partial charge is 0.376 e. The number of nitrogens with zero attached hydrogens (tertiary/aromatic N) is 2. The molecule has 0 atom stereocenters. The smallest absolute Gasteiger partial charge is 0.333 e. The fraction of sp³-hybridized carbons (Fsp3) is 0.250. The van der Waals surface area contributed by atoms with Crippen LogP contribution in [0.15, 0.2) is 127 Å². The van der Waals surface area contributed by atoms with Gasteiger partial charge in [-0.1, -0.05) is 154 Å². The molecule has 0 fully saturated rings. The summed E-state index contributed by atoms with van der Waals surface area (Å²) in [5.41, 5.74) is 25.6. The predicted octanol–water partition coefficient (Wildman–Crippen LogP) is 13.2. The lowest BCUT2D eigenvalue weighted by Crippen LogP contribution is -2.60. The number of fused-ring (bicyclic) bond motifs is 14. The molecule has 12 rings (SSSR count). The van der Waals surface area contributed by atoms with Crippen molar-refractivity contribution >= 4 is 51.0 Å². The Morgan fingerprint density at radius 3 is 1.69 bits per heavy atom. The first-order valence-electron chi connectivity index (χ1n) is 21.6. The molecule has 0 N–H and O–H groups in total. The van der Waals surface area contributed by atoms with Gasteiger partial charge in [-0.05, 0) is 125 Å². The first kappa shape index (κ1) is 35.2. The minimum atomic E-state index is -0.106. The van der Waals surface area contributed by atoms with E-state index in [1.54, 1.807) is 0 Å². The number of hydrogen-bond donors (Lipinski definition) is 0. The van der Waals surface area contributed by atoms with Crippen LogP contribution in [0.4, 0.5) is 11.4 Å². The van der Waals surface area contributed by atoms with Crippen LogP contribution in [0.2, 0.25) is 0 Å². The fourth-order valence-corrected chi connectivity index (χ4v) is 11.7. The van der Waals surface area contributed by atoms with Crippen molar-refractivity contribution in [2.24, 2.45) is 0 Å². The maximum atomic E-state index is 2.71. The summed E-state index contributed by atoms with van der Waals surface area (Å²) in [5.74, 6) is 0. The summed E-state index contributed by atoms with van der Waals surface area (Å²) in [4.78, 5) is 2.71. The van der Waals surface area contributed by atoms with Crippen LogP contribution < -0.4 is 15.7 Å². The zero-order valence-corrected chi connectivity index (χ0v) is 36.1. The van der Waals surface area contributed by atoms with Gasteiger partial charge in [0.05, 0.1) is 11.0 Å². The Kier molecular flexibility index (Phi) is 6.60. The lowest BCUT2D eigenvalue weighted by Gasteiger charge is -2.43. The molecule has 0 saturated heterocycles. The molecule has 1 aromatic heterocycles. The molecule has 8 aromatic rings. The molecule has 0 radical (unpaired) electrons. The normalized spacial score (nSPS) is 16.2. The van der Waals surface area contributed by atoms with Crippen LogP contribution in [-0.2, 0) is 21.7 Å². The maximum Gasteiger partial charge on any atom is 0.333 e. The highest BCUT2D eigenvalue weighted by Gasteiger charge is 2.47. The molecule has 4 aliphatic rings. The summed E-state index contributed by atoms with van der Waals surface area (Å²) in [7, 11) is 0. The molecule has 3 heteroatoms. The lowest BCUT2D eigenvalue weighted by molar-refractivity contribution is 0.590. The van der Waals surface area contributed by atoms with E-state index in [0.717, 1.165) is 0 Å². The Labute approximate surface area is 349 Å². The van der Waals surface area contributed by atoms with E-state index in [4.69, 9.17) is 0 Å². The second kappa shape index (κ2) is 11.1. The second-order valence-corrected chi connectivity index (χ2v) is 21.0. The second-order valence-electron chi connectivity index (χ2n) is 21.0. The van der Waals surface area contributed by atoms with Gasteiger partial charge >= 0.3 is 6.85 Å². The van der Waals surface area contributed by atoms with Crippen molar-refractivity contribution in [1.29, 1.82) is 0 Å². The van der Waals surface area contributed by atoms with Crippen molar-refractivity contribution in [1.82, 2.24) is 4.57 Å². The molecule has 59 heavy (non-hydrogen) atoms. The Morgan fingerprint density at radius 2 is 1.05 bits per heavy atom. The molecule has 0 saturated carbocycles.